The van der Waals surface area contributed by atoms with Crippen LogP contribution >= 0.6 is 0 Å². The van der Waals surface area contributed by atoms with E-state index in [9.17, 15) is 51.9 Å². The van der Waals surface area contributed by atoms with Gasteiger partial charge in [0.2, 0.25) is 0 Å². The van der Waals surface area contributed by atoms with Crippen molar-refractivity contribution in [3.8, 4) is 22.8 Å². The van der Waals surface area contributed by atoms with Gasteiger partial charge in [-0.3, -0.25) is 18.2 Å². The Labute approximate surface area is 253 Å². The average molecular weight is 654 g/mol. The van der Waals surface area contributed by atoms with Crippen molar-refractivity contribution >= 4 is 62.5 Å². The number of nitrogens with one attached hydrogen (secondary N) is 2. The summed E-state index contributed by atoms with van der Waals surface area (Å²) in [5, 5.41) is 0. The molecule has 5 aromatic rings. The van der Waals surface area contributed by atoms with Crippen LogP contribution in [-0.2, 0) is 40.5 Å². The number of benzene rings is 3. The third-order valence-electron chi connectivity index (χ3n) is 5.64. The van der Waals surface area contributed by atoms with Crippen LogP contribution in [0.2, 0.25) is 0 Å². The van der Waals surface area contributed by atoms with Gasteiger partial charge in [0.15, 0.2) is 0 Å². The maximum atomic E-state index is 11.6. The van der Waals surface area contributed by atoms with Gasteiger partial charge >= 0.3 is 29.6 Å². The quantitative estimate of drug-likeness (QED) is 0.0924. The fraction of sp³-hybridized carbons (Fsp3) is 0. The van der Waals surface area contributed by atoms with Gasteiger partial charge in [0.1, 0.15) is 31.2 Å². The maximum Gasteiger partial charge on any atom is 1.00 e. The van der Waals surface area contributed by atoms with E-state index in [1.165, 1.54) is 24.3 Å². The number of H-pyrrole nitrogens is 2. The number of fused-ring (bicyclic) bond motifs is 2. The van der Waals surface area contributed by atoms with Gasteiger partial charge in [-0.25, -0.2) is 9.97 Å². The molecule has 21 heteroatoms. The van der Waals surface area contributed by atoms with Crippen LogP contribution < -0.4 is 29.6 Å². The number of nitrogens with zero attached hydrogens (tertiary/aromatic N) is 2. The minimum Gasteiger partial charge on any atom is -0.338 e. The number of aromatic amines is 2. The largest absolute Gasteiger partial charge is 1.00 e. The Balaban J connectivity index is 0.00000387. The molecule has 0 spiro atoms. The summed E-state index contributed by atoms with van der Waals surface area (Å²) in [7, 11) is -20.1. The fourth-order valence-electron chi connectivity index (χ4n) is 3.90. The molecule has 0 atom stereocenters. The predicted molar refractivity (Wildman–Crippen MR) is 136 cm³/mol. The van der Waals surface area contributed by atoms with Gasteiger partial charge in [-0.15, -0.1) is 0 Å². The van der Waals surface area contributed by atoms with E-state index in [4.69, 9.17) is 0 Å². The van der Waals surface area contributed by atoms with Crippen molar-refractivity contribution < 1.29 is 81.4 Å². The molecule has 5 rings (SSSR count). The predicted octanol–water partition coefficient (Wildman–Crippen LogP) is -1.24. The molecule has 3 aromatic carbocycles. The Morgan fingerprint density at radius 3 is 1.02 bits per heavy atom. The van der Waals surface area contributed by atoms with Crippen LogP contribution in [0.3, 0.4) is 0 Å². The van der Waals surface area contributed by atoms with Crippen molar-refractivity contribution in [2.24, 2.45) is 0 Å². The van der Waals surface area contributed by atoms with Crippen molar-refractivity contribution in [2.45, 2.75) is 19.6 Å². The standard InChI is InChI=1S/C20H14N4O12S4.Na/c25-37(26,27)15-5-11-12(6-16(15)38(28,29)30)22-19(21-11)9-1-2-10(4-3-9)20-23-13-7-17(39(31,32)33)18(40(34,35)36)8-14(13)24-20;/h1-8H,(H,21,22)(H,23,24)(H,25,26,27)(H,28,29,30)(H,31,32,33)(H,34,35,36);/q;+1. The molecule has 0 aliphatic carbocycles. The molecule has 0 bridgehead atoms. The molecule has 0 amide bonds. The molecule has 6 N–H and O–H groups in total. The van der Waals surface area contributed by atoms with E-state index in [0.29, 0.717) is 11.1 Å². The third kappa shape index (κ3) is 6.08. The van der Waals surface area contributed by atoms with Crippen LogP contribution in [0.1, 0.15) is 0 Å². The molecule has 0 aliphatic rings. The number of aromatic nitrogens is 4. The van der Waals surface area contributed by atoms with E-state index in [1.54, 1.807) is 0 Å². The average Bonchev–Trinajstić information content (AvgIpc) is 3.44. The molecule has 41 heavy (non-hydrogen) atoms. The van der Waals surface area contributed by atoms with E-state index >= 15 is 0 Å². The second kappa shape index (κ2) is 10.2. The summed E-state index contributed by atoms with van der Waals surface area (Å²) in [6, 6.07) is 9.27. The number of imidazole rings is 2. The van der Waals surface area contributed by atoms with Crippen LogP contribution in [0.5, 0.6) is 0 Å². The van der Waals surface area contributed by atoms with Gasteiger partial charge in [-0.1, -0.05) is 24.3 Å². The van der Waals surface area contributed by atoms with Crippen LogP contribution in [0, 0.1) is 0 Å². The summed E-state index contributed by atoms with van der Waals surface area (Å²) in [5.41, 5.74) is 0.808. The molecule has 0 radical (unpaired) electrons. The first-order chi connectivity index (χ1) is 18.3. The first-order valence-electron chi connectivity index (χ1n) is 10.4. The molecular weight excluding hydrogens is 639 g/mol. The van der Waals surface area contributed by atoms with E-state index in [2.05, 4.69) is 19.9 Å². The van der Waals surface area contributed by atoms with E-state index in [-0.39, 0.29) is 63.3 Å². The van der Waals surface area contributed by atoms with E-state index in [1.807, 2.05) is 0 Å². The molecule has 2 aromatic heterocycles. The summed E-state index contributed by atoms with van der Waals surface area (Å²) >= 11 is 0. The maximum absolute atomic E-state index is 11.6. The molecule has 0 saturated carbocycles. The summed E-state index contributed by atoms with van der Waals surface area (Å²) < 4.78 is 131. The fourth-order valence-corrected chi connectivity index (χ4v) is 7.47. The molecule has 0 fully saturated rings. The minimum atomic E-state index is -5.03. The molecule has 0 aliphatic heterocycles. The van der Waals surface area contributed by atoms with Gasteiger partial charge < -0.3 is 9.97 Å². The number of hydrogen-bond acceptors (Lipinski definition) is 10. The van der Waals surface area contributed by atoms with Crippen molar-refractivity contribution in [1.29, 1.82) is 0 Å². The zero-order valence-electron chi connectivity index (χ0n) is 20.2. The zero-order valence-corrected chi connectivity index (χ0v) is 25.5. The van der Waals surface area contributed by atoms with Gasteiger partial charge in [-0.05, 0) is 24.3 Å². The molecular formula is C20H14N4NaO12S4+. The first-order valence-corrected chi connectivity index (χ1v) is 16.2. The van der Waals surface area contributed by atoms with E-state index in [0.717, 1.165) is 24.3 Å². The molecule has 0 unspecified atom stereocenters. The van der Waals surface area contributed by atoms with Gasteiger partial charge in [0.05, 0.1) is 22.1 Å². The van der Waals surface area contributed by atoms with Crippen molar-refractivity contribution in [1.82, 2.24) is 19.9 Å². The molecule has 16 nitrogen and oxygen atoms in total. The van der Waals surface area contributed by atoms with E-state index < -0.39 is 60.1 Å². The summed E-state index contributed by atoms with van der Waals surface area (Å²) in [6.45, 7) is 0. The number of rotatable bonds is 6. The second-order valence-electron chi connectivity index (χ2n) is 8.28. The third-order valence-corrected chi connectivity index (χ3v) is 9.47. The van der Waals surface area contributed by atoms with Crippen molar-refractivity contribution in [3.05, 3.63) is 48.5 Å². The second-order valence-corrected chi connectivity index (χ2v) is 13.8. The Morgan fingerprint density at radius 1 is 0.488 bits per heavy atom. The Hall–Kier alpha value is -2.76. The first kappa shape index (κ1) is 31.2. The molecule has 210 valence electrons. The SMILES string of the molecule is O=S(=O)(O)c1cc2nc(-c3ccc(-c4nc5cc(S(=O)(=O)O)c(S(=O)(=O)O)cc5[nH]4)cc3)[nH]c2cc1S(=O)(=O)O.[Na+]. The Bertz CT molecular complexity index is 2010. The van der Waals surface area contributed by atoms with Crippen LogP contribution in [-0.4, -0.2) is 71.8 Å². The van der Waals surface area contributed by atoms with Gasteiger partial charge in [0.25, 0.3) is 40.5 Å². The summed E-state index contributed by atoms with van der Waals surface area (Å²) in [5.74, 6) is 0.297. The smallest absolute Gasteiger partial charge is 0.338 e. The van der Waals surface area contributed by atoms with Crippen molar-refractivity contribution in [3.63, 3.8) is 0 Å². The summed E-state index contributed by atoms with van der Waals surface area (Å²) in [4.78, 5) is 9.72. The monoisotopic (exact) mass is 653 g/mol. The van der Waals surface area contributed by atoms with Crippen molar-refractivity contribution in [2.75, 3.05) is 0 Å². The minimum absolute atomic E-state index is 0. The Kier molecular flexibility index (Phi) is 7.76. The van der Waals surface area contributed by atoms with Gasteiger partial charge in [0, 0.05) is 11.1 Å². The summed E-state index contributed by atoms with van der Waals surface area (Å²) in [6.07, 6.45) is 0. The normalized spacial score (nSPS) is 13.0. The van der Waals surface area contributed by atoms with Crippen LogP contribution in [0.15, 0.2) is 68.1 Å². The molecule has 2 heterocycles. The molecule has 0 saturated heterocycles. The zero-order chi connectivity index (χ0) is 29.4. The van der Waals surface area contributed by atoms with Crippen LogP contribution in [0.4, 0.5) is 0 Å². The Morgan fingerprint density at radius 2 is 0.756 bits per heavy atom. The topological polar surface area (TPSA) is 275 Å². The van der Waals surface area contributed by atoms with Crippen LogP contribution in [0.25, 0.3) is 44.8 Å². The van der Waals surface area contributed by atoms with Gasteiger partial charge in [-0.2, -0.15) is 33.7 Å². The number of hydrogen-bond donors (Lipinski definition) is 6.